The van der Waals surface area contributed by atoms with Crippen LogP contribution in [-0.2, 0) is 4.74 Å². The molecule has 114 valence electrons. The molecule has 0 radical (unpaired) electrons. The van der Waals surface area contributed by atoms with E-state index in [0.29, 0.717) is 0 Å². The highest BCUT2D eigenvalue weighted by Gasteiger charge is 2.34. The van der Waals surface area contributed by atoms with Crippen LogP contribution in [0.1, 0.15) is 34.3 Å². The molecule has 1 aliphatic carbocycles. The summed E-state index contributed by atoms with van der Waals surface area (Å²) in [5, 5.41) is 0. The summed E-state index contributed by atoms with van der Waals surface area (Å²) >= 11 is 0. The van der Waals surface area contributed by atoms with Gasteiger partial charge in [0.05, 0.1) is 6.10 Å². The van der Waals surface area contributed by atoms with E-state index in [1.54, 1.807) is 0 Å². The third-order valence-electron chi connectivity index (χ3n) is 4.82. The zero-order valence-electron chi connectivity index (χ0n) is 13.5. The first-order chi connectivity index (χ1) is 11.3. The number of fused-ring (bicyclic) bond motifs is 3. The first kappa shape index (κ1) is 14.2. The minimum atomic E-state index is 0.0444. The number of methoxy groups -OCH3 is 1. The zero-order chi connectivity index (χ0) is 15.8. The number of hydrogen-bond donors (Lipinski definition) is 0. The summed E-state index contributed by atoms with van der Waals surface area (Å²) in [6.07, 6.45) is 0.0444. The van der Waals surface area contributed by atoms with Crippen molar-refractivity contribution in [1.82, 2.24) is 0 Å². The van der Waals surface area contributed by atoms with Gasteiger partial charge in [-0.2, -0.15) is 0 Å². The maximum absolute atomic E-state index is 5.98. The second kappa shape index (κ2) is 5.68. The molecule has 0 heterocycles. The molecule has 1 nitrogen and oxygen atoms in total. The van der Waals surface area contributed by atoms with Gasteiger partial charge in [-0.3, -0.25) is 0 Å². The summed E-state index contributed by atoms with van der Waals surface area (Å²) in [6, 6.07) is 26.1. The van der Waals surface area contributed by atoms with Crippen molar-refractivity contribution in [2.24, 2.45) is 0 Å². The van der Waals surface area contributed by atoms with Crippen LogP contribution in [-0.4, -0.2) is 7.11 Å². The van der Waals surface area contributed by atoms with E-state index in [1.807, 2.05) is 7.11 Å². The van der Waals surface area contributed by atoms with Gasteiger partial charge in [-0.1, -0.05) is 78.4 Å². The SMILES string of the molecule is CO[C@H]1c2ccc(C)cc2-c2ccccc2[C@@H]1c1ccccc1. The van der Waals surface area contributed by atoms with Crippen LogP contribution >= 0.6 is 0 Å². The van der Waals surface area contributed by atoms with E-state index in [0.717, 1.165) is 0 Å². The number of rotatable bonds is 2. The van der Waals surface area contributed by atoms with E-state index in [-0.39, 0.29) is 12.0 Å². The molecule has 1 aliphatic rings. The minimum absolute atomic E-state index is 0.0444. The van der Waals surface area contributed by atoms with Crippen molar-refractivity contribution in [2.75, 3.05) is 7.11 Å². The molecule has 0 saturated carbocycles. The Morgan fingerprint density at radius 3 is 2.26 bits per heavy atom. The van der Waals surface area contributed by atoms with Crippen LogP contribution < -0.4 is 0 Å². The van der Waals surface area contributed by atoms with Crippen molar-refractivity contribution in [3.05, 3.63) is 95.1 Å². The van der Waals surface area contributed by atoms with Crippen molar-refractivity contribution in [1.29, 1.82) is 0 Å². The average molecular weight is 300 g/mol. The van der Waals surface area contributed by atoms with Crippen molar-refractivity contribution in [3.8, 4) is 11.1 Å². The number of hydrogen-bond acceptors (Lipinski definition) is 1. The lowest BCUT2D eigenvalue weighted by Gasteiger charge is -2.35. The molecule has 0 unspecified atom stereocenters. The maximum Gasteiger partial charge on any atom is 0.0936 e. The molecule has 2 atom stereocenters. The topological polar surface area (TPSA) is 9.23 Å². The Hall–Kier alpha value is -2.38. The standard InChI is InChI=1S/C22H20O/c1-15-12-13-19-20(14-15)17-10-6-7-11-18(17)21(22(19)23-2)16-8-4-3-5-9-16/h3-14,21-22H,1-2H3/t21-,22-/m0/s1. The summed E-state index contributed by atoms with van der Waals surface area (Å²) in [6.45, 7) is 2.15. The summed E-state index contributed by atoms with van der Waals surface area (Å²) < 4.78 is 5.98. The fourth-order valence-corrected chi connectivity index (χ4v) is 3.79. The Balaban J connectivity index is 2.00. The highest BCUT2D eigenvalue weighted by Crippen LogP contribution is 2.50. The van der Waals surface area contributed by atoms with Crippen LogP contribution in [0.2, 0.25) is 0 Å². The van der Waals surface area contributed by atoms with Crippen molar-refractivity contribution < 1.29 is 4.74 Å². The van der Waals surface area contributed by atoms with Gasteiger partial charge in [0.1, 0.15) is 0 Å². The predicted octanol–water partition coefficient (Wildman–Crippen LogP) is 5.50. The van der Waals surface area contributed by atoms with Gasteiger partial charge in [-0.05, 0) is 34.7 Å². The molecular weight excluding hydrogens is 280 g/mol. The maximum atomic E-state index is 5.98. The molecule has 0 saturated heterocycles. The van der Waals surface area contributed by atoms with Gasteiger partial charge < -0.3 is 4.74 Å². The normalized spacial score (nSPS) is 19.0. The second-order valence-corrected chi connectivity index (χ2v) is 6.22. The van der Waals surface area contributed by atoms with Gasteiger partial charge in [-0.15, -0.1) is 0 Å². The van der Waals surface area contributed by atoms with Crippen LogP contribution in [0, 0.1) is 6.92 Å². The molecule has 0 fully saturated rings. The largest absolute Gasteiger partial charge is 0.376 e. The fraction of sp³-hybridized carbons (Fsp3) is 0.182. The van der Waals surface area contributed by atoms with Gasteiger partial charge in [0, 0.05) is 13.0 Å². The second-order valence-electron chi connectivity index (χ2n) is 6.22. The summed E-state index contributed by atoms with van der Waals surface area (Å²) in [4.78, 5) is 0. The molecular formula is C22H20O. The summed E-state index contributed by atoms with van der Waals surface area (Å²) in [7, 11) is 1.82. The van der Waals surface area contributed by atoms with Gasteiger partial charge >= 0.3 is 0 Å². The van der Waals surface area contributed by atoms with E-state index in [4.69, 9.17) is 4.74 Å². The van der Waals surface area contributed by atoms with E-state index >= 15 is 0 Å². The minimum Gasteiger partial charge on any atom is -0.376 e. The van der Waals surface area contributed by atoms with Gasteiger partial charge in [0.25, 0.3) is 0 Å². The van der Waals surface area contributed by atoms with Gasteiger partial charge in [0.2, 0.25) is 0 Å². The lowest BCUT2D eigenvalue weighted by Crippen LogP contribution is -2.20. The van der Waals surface area contributed by atoms with Gasteiger partial charge in [0.15, 0.2) is 0 Å². The predicted molar refractivity (Wildman–Crippen MR) is 94.7 cm³/mol. The molecule has 0 amide bonds. The summed E-state index contributed by atoms with van der Waals surface area (Å²) in [5.74, 6) is 0.229. The van der Waals surface area contributed by atoms with Crippen LogP contribution in [0.3, 0.4) is 0 Å². The van der Waals surface area contributed by atoms with Crippen molar-refractivity contribution in [2.45, 2.75) is 18.9 Å². The molecule has 3 aromatic rings. The molecule has 1 heteroatoms. The lowest BCUT2D eigenvalue weighted by atomic mass is 9.73. The highest BCUT2D eigenvalue weighted by molar-refractivity contribution is 5.76. The molecule has 0 aliphatic heterocycles. The molecule has 3 aromatic carbocycles. The number of ether oxygens (including phenoxy) is 1. The van der Waals surface area contributed by atoms with E-state index in [2.05, 4.69) is 79.7 Å². The van der Waals surface area contributed by atoms with Crippen molar-refractivity contribution in [3.63, 3.8) is 0 Å². The monoisotopic (exact) mass is 300 g/mol. The zero-order valence-corrected chi connectivity index (χ0v) is 13.5. The molecule has 4 rings (SSSR count). The third kappa shape index (κ3) is 2.29. The molecule has 23 heavy (non-hydrogen) atoms. The Labute approximate surface area is 137 Å². The Bertz CT molecular complexity index is 836. The number of benzene rings is 3. The van der Waals surface area contributed by atoms with E-state index in [1.165, 1.54) is 33.4 Å². The van der Waals surface area contributed by atoms with Crippen molar-refractivity contribution >= 4 is 0 Å². The first-order valence-electron chi connectivity index (χ1n) is 8.07. The molecule has 0 N–H and O–H groups in total. The third-order valence-corrected chi connectivity index (χ3v) is 4.82. The molecule has 0 aromatic heterocycles. The van der Waals surface area contributed by atoms with Gasteiger partial charge in [-0.25, -0.2) is 0 Å². The van der Waals surface area contributed by atoms with Crippen LogP contribution in [0.4, 0.5) is 0 Å². The Morgan fingerprint density at radius 1 is 0.739 bits per heavy atom. The first-order valence-corrected chi connectivity index (χ1v) is 8.07. The lowest BCUT2D eigenvalue weighted by molar-refractivity contribution is 0.0881. The average Bonchev–Trinajstić information content (AvgIpc) is 2.61. The smallest absolute Gasteiger partial charge is 0.0936 e. The van der Waals surface area contributed by atoms with Crippen LogP contribution in [0.5, 0.6) is 0 Å². The quantitative estimate of drug-likeness (QED) is 0.607. The number of aryl methyl sites for hydroxylation is 1. The van der Waals surface area contributed by atoms with Crippen LogP contribution in [0.25, 0.3) is 11.1 Å². The van der Waals surface area contributed by atoms with E-state index < -0.39 is 0 Å². The van der Waals surface area contributed by atoms with Crippen LogP contribution in [0.15, 0.2) is 72.8 Å². The molecule has 0 bridgehead atoms. The van der Waals surface area contributed by atoms with E-state index in [9.17, 15) is 0 Å². The molecule has 0 spiro atoms. The Morgan fingerprint density at radius 2 is 1.48 bits per heavy atom. The fourth-order valence-electron chi connectivity index (χ4n) is 3.79. The highest BCUT2D eigenvalue weighted by atomic mass is 16.5. The summed E-state index contributed by atoms with van der Waals surface area (Å²) in [5.41, 5.74) is 7.85. The Kier molecular flexibility index (Phi) is 3.51.